The number of hydrogen-bond acceptors (Lipinski definition) is 2. The Kier molecular flexibility index (Phi) is 2.91. The number of nitrogens with one attached hydrogen (secondary N) is 1. The van der Waals surface area contributed by atoms with Crippen molar-refractivity contribution in [2.75, 3.05) is 6.61 Å². The topological polar surface area (TPSA) is 38.3 Å². The van der Waals surface area contributed by atoms with Gasteiger partial charge in [0.2, 0.25) is 5.91 Å². The summed E-state index contributed by atoms with van der Waals surface area (Å²) >= 11 is 6.05. The predicted molar refractivity (Wildman–Crippen MR) is 62.1 cm³/mol. The first-order valence-electron chi connectivity index (χ1n) is 5.18. The summed E-state index contributed by atoms with van der Waals surface area (Å²) in [6.45, 7) is 4.10. The van der Waals surface area contributed by atoms with Crippen molar-refractivity contribution in [3.05, 3.63) is 34.9 Å². The molecule has 1 N–H and O–H groups in total. The third-order valence-corrected chi connectivity index (χ3v) is 3.02. The molecule has 1 aliphatic rings. The van der Waals surface area contributed by atoms with Crippen molar-refractivity contribution in [3.8, 4) is 0 Å². The molecular weight excluding hydrogens is 226 g/mol. The molecule has 0 unspecified atom stereocenters. The molecule has 1 aliphatic heterocycles. The molecule has 86 valence electrons. The Bertz CT molecular complexity index is 417. The van der Waals surface area contributed by atoms with Gasteiger partial charge in [0.25, 0.3) is 0 Å². The molecule has 0 radical (unpaired) electrons. The first kappa shape index (κ1) is 11.4. The summed E-state index contributed by atoms with van der Waals surface area (Å²) in [7, 11) is 0. The molecule has 0 saturated carbocycles. The van der Waals surface area contributed by atoms with E-state index in [1.54, 1.807) is 6.07 Å². The zero-order valence-corrected chi connectivity index (χ0v) is 10.0. The molecule has 0 aliphatic carbocycles. The fourth-order valence-electron chi connectivity index (χ4n) is 1.57. The van der Waals surface area contributed by atoms with Crippen LogP contribution < -0.4 is 5.32 Å². The van der Waals surface area contributed by atoms with Crippen LogP contribution in [0, 0.1) is 5.41 Å². The third kappa shape index (κ3) is 2.06. The smallest absolute Gasteiger partial charge is 0.230 e. The van der Waals surface area contributed by atoms with Gasteiger partial charge in [-0.3, -0.25) is 4.79 Å². The van der Waals surface area contributed by atoms with Crippen molar-refractivity contribution in [1.82, 2.24) is 5.32 Å². The van der Waals surface area contributed by atoms with E-state index in [4.69, 9.17) is 16.3 Å². The van der Waals surface area contributed by atoms with E-state index in [-0.39, 0.29) is 5.91 Å². The quantitative estimate of drug-likeness (QED) is 0.818. The van der Waals surface area contributed by atoms with Crippen LogP contribution in [0.1, 0.15) is 25.6 Å². The summed E-state index contributed by atoms with van der Waals surface area (Å²) in [5.74, 6) is -0.0105. The molecule has 1 saturated heterocycles. The van der Waals surface area contributed by atoms with Crippen molar-refractivity contribution in [2.45, 2.75) is 20.1 Å². The number of rotatable bonds is 1. The van der Waals surface area contributed by atoms with Gasteiger partial charge in [0.15, 0.2) is 6.23 Å². The van der Waals surface area contributed by atoms with Gasteiger partial charge in [-0.05, 0) is 19.9 Å². The maximum Gasteiger partial charge on any atom is 0.230 e. The van der Waals surface area contributed by atoms with Crippen LogP contribution in [0.4, 0.5) is 0 Å². The van der Waals surface area contributed by atoms with Gasteiger partial charge in [0.05, 0.1) is 12.0 Å². The maximum absolute atomic E-state index is 11.8. The van der Waals surface area contributed by atoms with E-state index < -0.39 is 11.6 Å². The first-order chi connectivity index (χ1) is 7.50. The molecule has 1 atom stereocenters. The van der Waals surface area contributed by atoms with Crippen molar-refractivity contribution < 1.29 is 9.53 Å². The Morgan fingerprint density at radius 3 is 2.75 bits per heavy atom. The van der Waals surface area contributed by atoms with Crippen LogP contribution in [0.5, 0.6) is 0 Å². The highest BCUT2D eigenvalue weighted by atomic mass is 35.5. The molecular formula is C12H14ClNO2. The fraction of sp³-hybridized carbons (Fsp3) is 0.417. The zero-order valence-electron chi connectivity index (χ0n) is 9.29. The van der Waals surface area contributed by atoms with Gasteiger partial charge in [0, 0.05) is 10.6 Å². The van der Waals surface area contributed by atoms with Gasteiger partial charge in [-0.15, -0.1) is 0 Å². The summed E-state index contributed by atoms with van der Waals surface area (Å²) in [5, 5.41) is 3.42. The first-order valence-corrected chi connectivity index (χ1v) is 5.55. The second-order valence-electron chi connectivity index (χ2n) is 4.57. The minimum atomic E-state index is -0.474. The van der Waals surface area contributed by atoms with E-state index >= 15 is 0 Å². The second kappa shape index (κ2) is 4.07. The molecule has 1 fully saturated rings. The molecule has 1 amide bonds. The molecule has 1 aromatic carbocycles. The number of benzene rings is 1. The second-order valence-corrected chi connectivity index (χ2v) is 4.98. The number of carbonyl (C=O) groups excluding carboxylic acids is 1. The maximum atomic E-state index is 11.8. The van der Waals surface area contributed by atoms with E-state index in [9.17, 15) is 4.79 Å². The molecule has 16 heavy (non-hydrogen) atoms. The monoisotopic (exact) mass is 239 g/mol. The van der Waals surface area contributed by atoms with Crippen LogP contribution >= 0.6 is 11.6 Å². The SMILES string of the molecule is CC1(C)CO[C@H](c2ccccc2Cl)NC1=O. The summed E-state index contributed by atoms with van der Waals surface area (Å²) in [6, 6.07) is 7.36. The van der Waals surface area contributed by atoms with Crippen molar-refractivity contribution in [3.63, 3.8) is 0 Å². The summed E-state index contributed by atoms with van der Waals surface area (Å²) < 4.78 is 5.61. The van der Waals surface area contributed by atoms with Crippen molar-refractivity contribution >= 4 is 17.5 Å². The van der Waals surface area contributed by atoms with Gasteiger partial charge < -0.3 is 10.1 Å². The van der Waals surface area contributed by atoms with Crippen LogP contribution in [-0.2, 0) is 9.53 Å². The Morgan fingerprint density at radius 2 is 2.12 bits per heavy atom. The minimum absolute atomic E-state index is 0.0105. The van der Waals surface area contributed by atoms with Gasteiger partial charge in [-0.2, -0.15) is 0 Å². The average molecular weight is 240 g/mol. The minimum Gasteiger partial charge on any atom is -0.353 e. The van der Waals surface area contributed by atoms with E-state index in [1.165, 1.54) is 0 Å². The van der Waals surface area contributed by atoms with Gasteiger partial charge in [-0.1, -0.05) is 29.8 Å². The summed E-state index contributed by atoms with van der Waals surface area (Å²) in [5.41, 5.74) is 0.325. The highest BCUT2D eigenvalue weighted by Crippen LogP contribution is 2.30. The Labute approximate surface area is 99.7 Å². The van der Waals surface area contributed by atoms with Crippen LogP contribution in [0.15, 0.2) is 24.3 Å². The zero-order chi connectivity index (χ0) is 11.8. The summed E-state index contributed by atoms with van der Waals surface area (Å²) in [4.78, 5) is 11.8. The Morgan fingerprint density at radius 1 is 1.44 bits per heavy atom. The van der Waals surface area contributed by atoms with Gasteiger partial charge >= 0.3 is 0 Å². The molecule has 3 nitrogen and oxygen atoms in total. The predicted octanol–water partition coefficient (Wildman–Crippen LogP) is 2.51. The number of amides is 1. The van der Waals surface area contributed by atoms with Crippen LogP contribution in [-0.4, -0.2) is 12.5 Å². The molecule has 2 rings (SSSR count). The summed E-state index contributed by atoms with van der Waals surface area (Å²) in [6.07, 6.45) is -0.436. The lowest BCUT2D eigenvalue weighted by molar-refractivity contribution is -0.150. The lowest BCUT2D eigenvalue weighted by Crippen LogP contribution is -2.48. The number of halogens is 1. The Balaban J connectivity index is 2.20. The highest BCUT2D eigenvalue weighted by molar-refractivity contribution is 6.31. The van der Waals surface area contributed by atoms with Crippen molar-refractivity contribution in [2.24, 2.45) is 5.41 Å². The highest BCUT2D eigenvalue weighted by Gasteiger charge is 2.36. The fourth-order valence-corrected chi connectivity index (χ4v) is 1.80. The normalized spacial score (nSPS) is 23.9. The Hall–Kier alpha value is -1.06. The van der Waals surface area contributed by atoms with E-state index in [0.29, 0.717) is 11.6 Å². The van der Waals surface area contributed by atoms with E-state index in [0.717, 1.165) is 5.56 Å². The van der Waals surface area contributed by atoms with Crippen LogP contribution in [0.2, 0.25) is 5.02 Å². The van der Waals surface area contributed by atoms with Gasteiger partial charge in [-0.25, -0.2) is 0 Å². The average Bonchev–Trinajstić information content (AvgIpc) is 2.23. The number of carbonyl (C=O) groups is 1. The molecule has 0 aromatic heterocycles. The number of ether oxygens (including phenoxy) is 1. The van der Waals surface area contributed by atoms with E-state index in [2.05, 4.69) is 5.32 Å². The van der Waals surface area contributed by atoms with Crippen LogP contribution in [0.25, 0.3) is 0 Å². The van der Waals surface area contributed by atoms with Crippen LogP contribution in [0.3, 0.4) is 0 Å². The standard InChI is InChI=1S/C12H14ClNO2/c1-12(2)7-16-10(14-11(12)15)8-5-3-4-6-9(8)13/h3-6,10H,7H2,1-2H3,(H,14,15)/t10-/m1/s1. The number of hydrogen-bond donors (Lipinski definition) is 1. The molecule has 0 bridgehead atoms. The lowest BCUT2D eigenvalue weighted by atomic mass is 9.92. The third-order valence-electron chi connectivity index (χ3n) is 2.68. The molecule has 0 spiro atoms. The largest absolute Gasteiger partial charge is 0.353 e. The molecule has 1 aromatic rings. The molecule has 4 heteroatoms. The van der Waals surface area contributed by atoms with E-state index in [1.807, 2.05) is 32.0 Å². The lowest BCUT2D eigenvalue weighted by Gasteiger charge is -2.34. The van der Waals surface area contributed by atoms with Crippen molar-refractivity contribution in [1.29, 1.82) is 0 Å². The van der Waals surface area contributed by atoms with Gasteiger partial charge in [0.1, 0.15) is 0 Å². The molecule has 1 heterocycles.